The Balaban J connectivity index is -0.000000249. The van der Waals surface area contributed by atoms with Crippen LogP contribution >= 0.6 is 0 Å². The molecule has 0 aliphatic heterocycles. The number of aliphatic hydroxyl groups is 25. The Bertz CT molecular complexity index is 1210. The van der Waals surface area contributed by atoms with Crippen molar-refractivity contribution in [3.63, 3.8) is 0 Å². The number of aliphatic hydroxyl groups excluding tert-OH is 25. The largest absolute Gasteiger partial charge is 0.481 e. The van der Waals surface area contributed by atoms with Crippen molar-refractivity contribution in [2.45, 2.75) is 148 Å². The third-order valence-electron chi connectivity index (χ3n) is 9.50. The van der Waals surface area contributed by atoms with Crippen LogP contribution in [0.15, 0.2) is 0 Å². The van der Waals surface area contributed by atoms with Crippen LogP contribution in [0.2, 0.25) is 0 Å². The van der Waals surface area contributed by atoms with Crippen LogP contribution in [0.5, 0.6) is 0 Å². The van der Waals surface area contributed by atoms with Crippen LogP contribution in [0.25, 0.3) is 0 Å². The first kappa shape index (κ1) is 77.2. The zero-order valence-electron chi connectivity index (χ0n) is 37.9. The summed E-state index contributed by atoms with van der Waals surface area (Å²) >= 11 is 0. The van der Waals surface area contributed by atoms with E-state index in [9.17, 15) is 33.6 Å². The number of hydrogen-bond donors (Lipinski definition) is 27. The molecule has 1 rings (SSSR count). The van der Waals surface area contributed by atoms with Gasteiger partial charge in [0.05, 0.1) is 44.9 Å². The van der Waals surface area contributed by atoms with E-state index in [1.54, 1.807) is 0 Å². The van der Waals surface area contributed by atoms with Gasteiger partial charge in [-0.1, -0.05) is 12.8 Å². The van der Waals surface area contributed by atoms with E-state index in [-0.39, 0.29) is 31.4 Å². The van der Waals surface area contributed by atoms with Crippen molar-refractivity contribution in [3.8, 4) is 0 Å². The predicted octanol–water partition coefficient (Wildman–Crippen LogP) is -15.9. The minimum Gasteiger partial charge on any atom is -0.481 e. The van der Waals surface area contributed by atoms with Gasteiger partial charge in [-0.15, -0.1) is 0 Å². The molecule has 0 bridgehead atoms. The van der Waals surface area contributed by atoms with Gasteiger partial charge in [-0.05, 0) is 12.8 Å². The molecule has 22 atom stereocenters. The molecule has 34 heteroatoms. The molecule has 0 aromatic carbocycles. The van der Waals surface area contributed by atoms with Crippen molar-refractivity contribution >= 4 is 43.4 Å². The van der Waals surface area contributed by atoms with Crippen molar-refractivity contribution in [3.05, 3.63) is 0 Å². The fourth-order valence-electron chi connectivity index (χ4n) is 4.81. The van der Waals surface area contributed by atoms with Crippen LogP contribution in [-0.2, 0) is 33.6 Å². The van der Waals surface area contributed by atoms with Gasteiger partial charge in [-0.25, -0.2) is 0 Å². The lowest BCUT2D eigenvalue weighted by Gasteiger charge is -2.24. The predicted molar refractivity (Wildman–Crippen MR) is 227 cm³/mol. The summed E-state index contributed by atoms with van der Waals surface area (Å²) in [5.74, 6) is -3.28. The van der Waals surface area contributed by atoms with E-state index in [0.717, 1.165) is 12.8 Å². The Hall–Kier alpha value is -3.71. The summed E-state index contributed by atoms with van der Waals surface area (Å²) in [5.41, 5.74) is 0. The monoisotopic (exact) mass is 1070 g/mol. The highest BCUT2D eigenvalue weighted by Crippen LogP contribution is 2.30. The van der Waals surface area contributed by atoms with E-state index in [1.165, 1.54) is 0 Å². The summed E-state index contributed by atoms with van der Waals surface area (Å²) in [5, 5.41) is 235. The lowest BCUT2D eigenvalue weighted by molar-refractivity contribution is -0.155. The first-order valence-corrected chi connectivity index (χ1v) is 20.7. The maximum absolute atomic E-state index is 10.6. The van der Waals surface area contributed by atoms with Gasteiger partial charge in [-0.3, -0.25) is 9.59 Å². The second kappa shape index (κ2) is 43.7. The first-order valence-electron chi connectivity index (χ1n) is 20.7. The van der Waals surface area contributed by atoms with E-state index in [2.05, 4.69) is 0 Å². The molecule has 0 aromatic heterocycles. The molecule has 428 valence electrons. The van der Waals surface area contributed by atoms with E-state index in [4.69, 9.17) is 138 Å². The fraction of sp³-hybridized carbons (Fsp3) is 0.816. The molecule has 0 amide bonds. The number of hydrogen-bond acceptors (Lipinski definition) is 32. The number of aliphatic carboxylic acids is 2. The van der Waals surface area contributed by atoms with E-state index in [0.29, 0.717) is 12.8 Å². The average molecular weight is 1070 g/mol. The van der Waals surface area contributed by atoms with Gasteiger partial charge in [0.15, 0.2) is 31.4 Å². The number of aldehydes is 5. The maximum atomic E-state index is 10.6. The summed E-state index contributed by atoms with van der Waals surface area (Å²) in [6.45, 7) is -3.80. The Morgan fingerprint density at radius 1 is 0.306 bits per heavy atom. The van der Waals surface area contributed by atoms with Gasteiger partial charge < -0.3 is 162 Å². The van der Waals surface area contributed by atoms with Crippen LogP contribution in [0.4, 0.5) is 0 Å². The molecular formula is C38H72O34. The molecule has 1 aliphatic rings. The zero-order chi connectivity index (χ0) is 57.8. The van der Waals surface area contributed by atoms with Crippen molar-refractivity contribution in [1.29, 1.82) is 0 Å². The van der Waals surface area contributed by atoms with Gasteiger partial charge in [0, 0.05) is 0 Å². The molecule has 1 fully saturated rings. The molecule has 1 saturated carbocycles. The Morgan fingerprint density at radius 2 is 0.444 bits per heavy atom. The van der Waals surface area contributed by atoms with E-state index >= 15 is 0 Å². The Morgan fingerprint density at radius 3 is 0.542 bits per heavy atom. The molecule has 34 nitrogen and oxygen atoms in total. The molecular weight excluding hydrogens is 1000 g/mol. The average Bonchev–Trinajstić information content (AvgIpc) is 3.40. The van der Waals surface area contributed by atoms with Crippen LogP contribution in [-0.4, -0.2) is 336 Å². The van der Waals surface area contributed by atoms with Gasteiger partial charge >= 0.3 is 11.9 Å². The highest BCUT2D eigenvalue weighted by molar-refractivity contribution is 5.80. The summed E-state index contributed by atoms with van der Waals surface area (Å²) in [7, 11) is 0. The minimum absolute atomic E-state index is 0.0258. The third-order valence-corrected chi connectivity index (χ3v) is 9.50. The summed E-state index contributed by atoms with van der Waals surface area (Å²) in [6.07, 6.45) is -31.5. The molecule has 27 N–H and O–H groups in total. The Labute approximate surface area is 407 Å². The second-order valence-corrected chi connectivity index (χ2v) is 15.0. The highest BCUT2D eigenvalue weighted by atomic mass is 16.4. The summed E-state index contributed by atoms with van der Waals surface area (Å²) < 4.78 is 0. The molecule has 0 radical (unpaired) electrons. The number of carboxylic acid groups (broad SMARTS) is 2. The maximum Gasteiger partial charge on any atom is 0.307 e. The number of carbonyl (C=O) groups is 7. The minimum atomic E-state index is -1.79. The van der Waals surface area contributed by atoms with Crippen molar-refractivity contribution in [2.75, 3.05) is 33.0 Å². The van der Waals surface area contributed by atoms with Crippen LogP contribution < -0.4 is 0 Å². The van der Waals surface area contributed by atoms with Crippen LogP contribution in [0.3, 0.4) is 0 Å². The standard InChI is InChI=1S/C8H12O4.5C6H12O6/c9-7(10)5-3-1-2-4-6(5)8(11)12;5*7-1-3(9)5(11)6(12)4(10)2-8/h5-6H,1-4H2,(H,9,10)(H,11,12);5*1,3-6,8-12H,2H2/t;5*3-,4+,5+,6+/m.00000/s1. The Kier molecular flexibility index (Phi) is 46.8. The smallest absolute Gasteiger partial charge is 0.307 e. The normalized spacial score (nSPS) is 22.5. The molecule has 72 heavy (non-hydrogen) atoms. The summed E-state index contributed by atoms with van der Waals surface area (Å²) in [4.78, 5) is 70.7. The molecule has 1 aliphatic carbocycles. The zero-order valence-corrected chi connectivity index (χ0v) is 37.9. The first-order chi connectivity index (χ1) is 33.3. The topological polar surface area (TPSA) is 666 Å². The van der Waals surface area contributed by atoms with Crippen LogP contribution in [0.1, 0.15) is 25.7 Å². The third kappa shape index (κ3) is 31.1. The highest BCUT2D eigenvalue weighted by Gasteiger charge is 2.36. The number of carbonyl (C=O) groups excluding carboxylic acids is 5. The van der Waals surface area contributed by atoms with Crippen LogP contribution in [0, 0.1) is 11.8 Å². The molecule has 0 heterocycles. The second-order valence-electron chi connectivity index (χ2n) is 15.0. The molecule has 0 saturated heterocycles. The van der Waals surface area contributed by atoms with Crippen molar-refractivity contribution in [1.82, 2.24) is 0 Å². The quantitative estimate of drug-likeness (QED) is 0.0340. The molecule has 2 unspecified atom stereocenters. The summed E-state index contributed by atoms with van der Waals surface area (Å²) in [6, 6.07) is 0. The number of carboxylic acids is 2. The van der Waals surface area contributed by atoms with Gasteiger partial charge in [0.2, 0.25) is 0 Å². The molecule has 0 spiro atoms. The van der Waals surface area contributed by atoms with Gasteiger partial charge in [0.25, 0.3) is 0 Å². The van der Waals surface area contributed by atoms with E-state index < -0.39 is 179 Å². The molecule has 0 aromatic rings. The lowest BCUT2D eigenvalue weighted by Crippen LogP contribution is -2.46. The lowest BCUT2D eigenvalue weighted by atomic mass is 9.79. The van der Waals surface area contributed by atoms with E-state index in [1.807, 2.05) is 0 Å². The SMILES string of the molecule is O=C(O)C1CCCCC1C(=O)O.O=C[C@H](O)[C@@H](O)[C@H](O)[C@H](O)CO.O=C[C@H](O)[C@@H](O)[C@H](O)[C@H](O)CO.O=C[C@H](O)[C@@H](O)[C@H](O)[C@H](O)CO.O=C[C@H](O)[C@@H](O)[C@H](O)[C@H](O)CO.O=C[C@H](O)[C@@H](O)[C@H](O)[C@H](O)CO. The van der Waals surface area contributed by atoms with Gasteiger partial charge in [-0.2, -0.15) is 0 Å². The van der Waals surface area contributed by atoms with Crippen molar-refractivity contribution < 1.29 is 171 Å². The van der Waals surface area contributed by atoms with Gasteiger partial charge in [0.1, 0.15) is 122 Å². The number of rotatable bonds is 27. The van der Waals surface area contributed by atoms with Crippen molar-refractivity contribution in [2.24, 2.45) is 11.8 Å². The fourth-order valence-corrected chi connectivity index (χ4v) is 4.81.